The predicted octanol–water partition coefficient (Wildman–Crippen LogP) is -0.173. The minimum atomic E-state index is 0.124. The Labute approximate surface area is 79.9 Å². The lowest BCUT2D eigenvalue weighted by molar-refractivity contribution is -0.130. The van der Waals surface area contributed by atoms with Crippen LogP contribution in [-0.4, -0.2) is 48.7 Å². The fourth-order valence-electron chi connectivity index (χ4n) is 1.13. The first-order valence-corrected chi connectivity index (χ1v) is 4.85. The first kappa shape index (κ1) is 12.4. The summed E-state index contributed by atoms with van der Waals surface area (Å²) in [7, 11) is 0. The van der Waals surface area contributed by atoms with Crippen molar-refractivity contribution in [2.24, 2.45) is 0 Å². The molecule has 0 unspecified atom stereocenters. The van der Waals surface area contributed by atoms with E-state index in [-0.39, 0.29) is 12.5 Å². The van der Waals surface area contributed by atoms with Gasteiger partial charge in [-0.1, -0.05) is 0 Å². The smallest absolute Gasteiger partial charge is 0.223 e. The van der Waals surface area contributed by atoms with Gasteiger partial charge in [-0.2, -0.15) is 0 Å². The zero-order valence-electron chi connectivity index (χ0n) is 8.55. The fraction of sp³-hybridized carbons (Fsp3) is 0.889. The zero-order valence-corrected chi connectivity index (χ0v) is 8.55. The van der Waals surface area contributed by atoms with E-state index in [0.29, 0.717) is 19.5 Å². The molecule has 0 rings (SSSR count). The third-order valence-corrected chi connectivity index (χ3v) is 1.92. The number of aliphatic hydroxyl groups is 1. The molecule has 0 aromatic rings. The standard InChI is InChI=1S/C9H20N2O2/c1-3-11(4-2)9(13)5-6-10-7-8-12/h10,12H,3-8H2,1-2H3. The van der Waals surface area contributed by atoms with Crippen LogP contribution in [0, 0.1) is 0 Å². The van der Waals surface area contributed by atoms with Crippen LogP contribution in [0.5, 0.6) is 0 Å². The molecule has 2 N–H and O–H groups in total. The topological polar surface area (TPSA) is 52.6 Å². The van der Waals surface area contributed by atoms with Crippen LogP contribution in [0.15, 0.2) is 0 Å². The van der Waals surface area contributed by atoms with Crippen molar-refractivity contribution in [3.63, 3.8) is 0 Å². The van der Waals surface area contributed by atoms with Crippen LogP contribution < -0.4 is 5.32 Å². The Bertz CT molecular complexity index is 136. The lowest BCUT2D eigenvalue weighted by Gasteiger charge is -2.18. The molecule has 0 atom stereocenters. The zero-order chi connectivity index (χ0) is 10.1. The normalized spacial score (nSPS) is 10.1. The van der Waals surface area contributed by atoms with Crippen molar-refractivity contribution >= 4 is 5.91 Å². The van der Waals surface area contributed by atoms with Gasteiger partial charge in [-0.25, -0.2) is 0 Å². The number of nitrogens with one attached hydrogen (secondary N) is 1. The second-order valence-electron chi connectivity index (χ2n) is 2.79. The summed E-state index contributed by atoms with van der Waals surface area (Å²) in [5.41, 5.74) is 0. The Hall–Kier alpha value is -0.610. The maximum absolute atomic E-state index is 11.4. The molecule has 78 valence electrons. The fourth-order valence-corrected chi connectivity index (χ4v) is 1.13. The number of hydrogen-bond donors (Lipinski definition) is 2. The van der Waals surface area contributed by atoms with E-state index in [1.807, 2.05) is 13.8 Å². The summed E-state index contributed by atoms with van der Waals surface area (Å²) in [6.45, 7) is 6.83. The van der Waals surface area contributed by atoms with E-state index in [1.165, 1.54) is 0 Å². The Morgan fingerprint density at radius 3 is 2.38 bits per heavy atom. The highest BCUT2D eigenvalue weighted by Gasteiger charge is 2.07. The van der Waals surface area contributed by atoms with E-state index >= 15 is 0 Å². The van der Waals surface area contributed by atoms with E-state index in [2.05, 4.69) is 5.32 Å². The minimum absolute atomic E-state index is 0.124. The van der Waals surface area contributed by atoms with E-state index in [4.69, 9.17) is 5.11 Å². The third-order valence-electron chi connectivity index (χ3n) is 1.92. The van der Waals surface area contributed by atoms with Gasteiger partial charge in [-0.05, 0) is 13.8 Å². The Morgan fingerprint density at radius 2 is 1.92 bits per heavy atom. The van der Waals surface area contributed by atoms with Crippen molar-refractivity contribution in [1.82, 2.24) is 10.2 Å². The van der Waals surface area contributed by atoms with Crippen molar-refractivity contribution in [2.45, 2.75) is 20.3 Å². The van der Waals surface area contributed by atoms with Gasteiger partial charge in [-0.3, -0.25) is 4.79 Å². The summed E-state index contributed by atoms with van der Waals surface area (Å²) in [6, 6.07) is 0. The van der Waals surface area contributed by atoms with Gasteiger partial charge in [0.25, 0.3) is 0 Å². The summed E-state index contributed by atoms with van der Waals surface area (Å²) in [5.74, 6) is 0.176. The van der Waals surface area contributed by atoms with Gasteiger partial charge in [0.05, 0.1) is 6.61 Å². The first-order chi connectivity index (χ1) is 6.26. The molecule has 0 aromatic carbocycles. The molecule has 4 heteroatoms. The number of carbonyl (C=O) groups excluding carboxylic acids is 1. The summed E-state index contributed by atoms with van der Waals surface area (Å²) in [4.78, 5) is 13.2. The molecule has 0 aliphatic rings. The van der Waals surface area contributed by atoms with Crippen molar-refractivity contribution < 1.29 is 9.90 Å². The summed E-state index contributed by atoms with van der Waals surface area (Å²) >= 11 is 0. The molecular formula is C9H20N2O2. The maximum atomic E-state index is 11.4. The van der Waals surface area contributed by atoms with Crippen LogP contribution in [-0.2, 0) is 4.79 Å². The second kappa shape index (κ2) is 8.01. The molecule has 0 radical (unpaired) electrons. The van der Waals surface area contributed by atoms with Gasteiger partial charge in [-0.15, -0.1) is 0 Å². The maximum Gasteiger partial charge on any atom is 0.223 e. The molecule has 0 spiro atoms. The third kappa shape index (κ3) is 5.60. The molecule has 0 saturated heterocycles. The molecule has 1 amide bonds. The minimum Gasteiger partial charge on any atom is -0.395 e. The Kier molecular flexibility index (Phi) is 7.63. The quantitative estimate of drug-likeness (QED) is 0.545. The molecule has 0 fully saturated rings. The molecule has 0 aromatic heterocycles. The second-order valence-corrected chi connectivity index (χ2v) is 2.79. The average Bonchev–Trinajstić information content (AvgIpc) is 2.14. The van der Waals surface area contributed by atoms with E-state index in [9.17, 15) is 4.79 Å². The van der Waals surface area contributed by atoms with E-state index in [1.54, 1.807) is 4.90 Å². The molecule has 0 aliphatic heterocycles. The number of hydrogen-bond acceptors (Lipinski definition) is 3. The Morgan fingerprint density at radius 1 is 1.31 bits per heavy atom. The molecular weight excluding hydrogens is 168 g/mol. The van der Waals surface area contributed by atoms with Gasteiger partial charge in [0.1, 0.15) is 0 Å². The molecule has 0 aliphatic carbocycles. The van der Waals surface area contributed by atoms with Gasteiger partial charge in [0.15, 0.2) is 0 Å². The summed E-state index contributed by atoms with van der Waals surface area (Å²) in [6.07, 6.45) is 0.516. The van der Waals surface area contributed by atoms with Crippen molar-refractivity contribution in [1.29, 1.82) is 0 Å². The average molecular weight is 188 g/mol. The largest absolute Gasteiger partial charge is 0.395 e. The highest BCUT2D eigenvalue weighted by molar-refractivity contribution is 5.76. The highest BCUT2D eigenvalue weighted by Crippen LogP contribution is 1.92. The highest BCUT2D eigenvalue weighted by atomic mass is 16.3. The van der Waals surface area contributed by atoms with Crippen LogP contribution >= 0.6 is 0 Å². The molecule has 4 nitrogen and oxygen atoms in total. The van der Waals surface area contributed by atoms with E-state index in [0.717, 1.165) is 13.1 Å². The predicted molar refractivity (Wildman–Crippen MR) is 52.5 cm³/mol. The number of amides is 1. The lowest BCUT2D eigenvalue weighted by atomic mass is 10.3. The summed E-state index contributed by atoms with van der Waals surface area (Å²) < 4.78 is 0. The molecule has 13 heavy (non-hydrogen) atoms. The number of nitrogens with zero attached hydrogens (tertiary/aromatic N) is 1. The summed E-state index contributed by atoms with van der Waals surface area (Å²) in [5, 5.41) is 11.4. The van der Waals surface area contributed by atoms with Crippen LogP contribution in [0.3, 0.4) is 0 Å². The number of aliphatic hydroxyl groups excluding tert-OH is 1. The Balaban J connectivity index is 3.48. The van der Waals surface area contributed by atoms with Crippen molar-refractivity contribution in [3.8, 4) is 0 Å². The van der Waals surface area contributed by atoms with Gasteiger partial charge in [0, 0.05) is 32.6 Å². The van der Waals surface area contributed by atoms with E-state index < -0.39 is 0 Å². The molecule has 0 saturated carbocycles. The monoisotopic (exact) mass is 188 g/mol. The first-order valence-electron chi connectivity index (χ1n) is 4.85. The number of rotatable bonds is 7. The van der Waals surface area contributed by atoms with Crippen LogP contribution in [0.1, 0.15) is 20.3 Å². The number of carbonyl (C=O) groups is 1. The molecule has 0 bridgehead atoms. The van der Waals surface area contributed by atoms with Gasteiger partial charge in [0.2, 0.25) is 5.91 Å². The molecule has 0 heterocycles. The SMILES string of the molecule is CCN(CC)C(=O)CCNCCO. The van der Waals surface area contributed by atoms with Crippen LogP contribution in [0.2, 0.25) is 0 Å². The van der Waals surface area contributed by atoms with Crippen LogP contribution in [0.4, 0.5) is 0 Å². The van der Waals surface area contributed by atoms with Crippen LogP contribution in [0.25, 0.3) is 0 Å². The van der Waals surface area contributed by atoms with Crippen molar-refractivity contribution in [3.05, 3.63) is 0 Å². The van der Waals surface area contributed by atoms with Gasteiger partial charge >= 0.3 is 0 Å². The van der Waals surface area contributed by atoms with Gasteiger partial charge < -0.3 is 15.3 Å². The lowest BCUT2D eigenvalue weighted by Crippen LogP contribution is -2.33. The van der Waals surface area contributed by atoms with Crippen molar-refractivity contribution in [2.75, 3.05) is 32.8 Å².